The standard InChI is InChI=1S/C25H27NO3/c1-4-10-21(11-5-1)25(22-12-6-2-7-13-22)20-27-19-24(29-25)18-26-16-17-28-23-14-8-3-9-15-23/h1-15,24,26H,16-20H2/t24-/m0/s1. The van der Waals surface area contributed by atoms with Crippen LogP contribution in [0.15, 0.2) is 91.0 Å². The topological polar surface area (TPSA) is 39.7 Å². The van der Waals surface area contributed by atoms with Gasteiger partial charge in [-0.1, -0.05) is 78.9 Å². The van der Waals surface area contributed by atoms with Gasteiger partial charge in [0.2, 0.25) is 0 Å². The van der Waals surface area contributed by atoms with Crippen molar-refractivity contribution < 1.29 is 14.2 Å². The average Bonchev–Trinajstić information content (AvgIpc) is 2.81. The maximum atomic E-state index is 6.68. The summed E-state index contributed by atoms with van der Waals surface area (Å²) in [5.41, 5.74) is 1.64. The van der Waals surface area contributed by atoms with E-state index in [4.69, 9.17) is 14.2 Å². The molecular weight excluding hydrogens is 362 g/mol. The van der Waals surface area contributed by atoms with Gasteiger partial charge in [-0.05, 0) is 23.3 Å². The van der Waals surface area contributed by atoms with Crippen LogP contribution < -0.4 is 10.1 Å². The fraction of sp³-hybridized carbons (Fsp3) is 0.280. The highest BCUT2D eigenvalue weighted by Gasteiger charge is 2.41. The molecule has 0 aliphatic carbocycles. The molecule has 1 aliphatic rings. The van der Waals surface area contributed by atoms with Crippen LogP contribution in [-0.4, -0.2) is 39.0 Å². The van der Waals surface area contributed by atoms with Crippen molar-refractivity contribution in [3.8, 4) is 5.75 Å². The Hall–Kier alpha value is -2.66. The predicted molar refractivity (Wildman–Crippen MR) is 114 cm³/mol. The van der Waals surface area contributed by atoms with Crippen LogP contribution in [0.25, 0.3) is 0 Å². The zero-order valence-corrected chi connectivity index (χ0v) is 16.5. The number of hydrogen-bond acceptors (Lipinski definition) is 4. The van der Waals surface area contributed by atoms with Gasteiger partial charge in [-0.15, -0.1) is 0 Å². The van der Waals surface area contributed by atoms with Gasteiger partial charge >= 0.3 is 0 Å². The van der Waals surface area contributed by atoms with E-state index in [2.05, 4.69) is 29.6 Å². The largest absolute Gasteiger partial charge is 0.492 e. The molecule has 4 heteroatoms. The van der Waals surface area contributed by atoms with Gasteiger partial charge < -0.3 is 19.5 Å². The number of hydrogen-bond donors (Lipinski definition) is 1. The molecule has 4 nitrogen and oxygen atoms in total. The molecule has 29 heavy (non-hydrogen) atoms. The molecule has 1 heterocycles. The van der Waals surface area contributed by atoms with Gasteiger partial charge in [-0.2, -0.15) is 0 Å². The lowest BCUT2D eigenvalue weighted by Gasteiger charge is -2.42. The Morgan fingerprint density at radius 1 is 0.828 bits per heavy atom. The third-order valence-electron chi connectivity index (χ3n) is 5.12. The van der Waals surface area contributed by atoms with Crippen molar-refractivity contribution in [2.75, 3.05) is 32.9 Å². The predicted octanol–water partition coefficient (Wildman–Crippen LogP) is 4.01. The zero-order chi connectivity index (χ0) is 19.8. The van der Waals surface area contributed by atoms with E-state index in [9.17, 15) is 0 Å². The number of para-hydroxylation sites is 1. The first-order valence-electron chi connectivity index (χ1n) is 10.1. The number of nitrogens with one attached hydrogen (secondary N) is 1. The lowest BCUT2D eigenvalue weighted by atomic mass is 9.86. The lowest BCUT2D eigenvalue weighted by molar-refractivity contribution is -0.183. The van der Waals surface area contributed by atoms with Crippen molar-refractivity contribution in [3.63, 3.8) is 0 Å². The third-order valence-corrected chi connectivity index (χ3v) is 5.12. The van der Waals surface area contributed by atoms with Crippen LogP contribution in [0.1, 0.15) is 11.1 Å². The minimum atomic E-state index is -0.590. The lowest BCUT2D eigenvalue weighted by Crippen LogP contribution is -2.49. The van der Waals surface area contributed by atoms with E-state index in [1.54, 1.807) is 0 Å². The molecule has 0 bridgehead atoms. The summed E-state index contributed by atoms with van der Waals surface area (Å²) >= 11 is 0. The maximum Gasteiger partial charge on any atom is 0.142 e. The summed E-state index contributed by atoms with van der Waals surface area (Å²) in [6, 6.07) is 30.5. The molecule has 1 saturated heterocycles. The van der Waals surface area contributed by atoms with Crippen molar-refractivity contribution >= 4 is 0 Å². The Bertz CT molecular complexity index is 816. The van der Waals surface area contributed by atoms with E-state index in [-0.39, 0.29) is 6.10 Å². The van der Waals surface area contributed by atoms with Gasteiger partial charge in [0.1, 0.15) is 18.0 Å². The first kappa shape index (κ1) is 19.6. The molecule has 0 aromatic heterocycles. The highest BCUT2D eigenvalue weighted by atomic mass is 16.6. The van der Waals surface area contributed by atoms with Crippen LogP contribution in [0.4, 0.5) is 0 Å². The normalized spacial score (nSPS) is 18.3. The number of rotatable bonds is 8. The molecule has 150 valence electrons. The Morgan fingerprint density at radius 2 is 1.41 bits per heavy atom. The monoisotopic (exact) mass is 389 g/mol. The smallest absolute Gasteiger partial charge is 0.142 e. The van der Waals surface area contributed by atoms with E-state index < -0.39 is 5.60 Å². The van der Waals surface area contributed by atoms with Crippen molar-refractivity contribution in [2.24, 2.45) is 0 Å². The molecule has 0 amide bonds. The molecule has 1 aliphatic heterocycles. The van der Waals surface area contributed by atoms with E-state index in [0.29, 0.717) is 26.4 Å². The van der Waals surface area contributed by atoms with E-state index in [1.165, 1.54) is 0 Å². The summed E-state index contributed by atoms with van der Waals surface area (Å²) in [4.78, 5) is 0. The first-order valence-corrected chi connectivity index (χ1v) is 10.1. The molecule has 1 fully saturated rings. The van der Waals surface area contributed by atoms with Crippen LogP contribution in [-0.2, 0) is 15.1 Å². The molecule has 1 atom stereocenters. The fourth-order valence-corrected chi connectivity index (χ4v) is 3.69. The van der Waals surface area contributed by atoms with Gasteiger partial charge in [0.15, 0.2) is 0 Å². The Morgan fingerprint density at radius 3 is 2.03 bits per heavy atom. The minimum absolute atomic E-state index is 0.0408. The van der Waals surface area contributed by atoms with Gasteiger partial charge in [-0.25, -0.2) is 0 Å². The maximum absolute atomic E-state index is 6.68. The number of benzene rings is 3. The molecule has 0 radical (unpaired) electrons. The fourth-order valence-electron chi connectivity index (χ4n) is 3.69. The van der Waals surface area contributed by atoms with E-state index in [0.717, 1.165) is 23.4 Å². The third kappa shape index (κ3) is 4.85. The average molecular weight is 389 g/mol. The molecule has 4 rings (SSSR count). The molecular formula is C25H27NO3. The quantitative estimate of drug-likeness (QED) is 0.591. The second-order valence-corrected chi connectivity index (χ2v) is 7.18. The molecule has 0 unspecified atom stereocenters. The first-order chi connectivity index (χ1) is 14.4. The summed E-state index contributed by atoms with van der Waals surface area (Å²) in [6.45, 7) is 3.15. The minimum Gasteiger partial charge on any atom is -0.492 e. The van der Waals surface area contributed by atoms with Gasteiger partial charge in [-0.3, -0.25) is 0 Å². The Kier molecular flexibility index (Phi) is 6.57. The molecule has 3 aromatic rings. The van der Waals surface area contributed by atoms with Crippen LogP contribution in [0, 0.1) is 0 Å². The van der Waals surface area contributed by atoms with E-state index in [1.807, 2.05) is 66.7 Å². The molecule has 1 N–H and O–H groups in total. The molecule has 3 aromatic carbocycles. The van der Waals surface area contributed by atoms with Crippen molar-refractivity contribution in [2.45, 2.75) is 11.7 Å². The van der Waals surface area contributed by atoms with Crippen LogP contribution >= 0.6 is 0 Å². The van der Waals surface area contributed by atoms with Crippen molar-refractivity contribution in [1.29, 1.82) is 0 Å². The summed E-state index contributed by atoms with van der Waals surface area (Å²) < 4.78 is 18.5. The van der Waals surface area contributed by atoms with Crippen LogP contribution in [0.3, 0.4) is 0 Å². The SMILES string of the molecule is c1ccc(OCCNC[C@H]2COCC(c3ccccc3)(c3ccccc3)O2)cc1. The highest BCUT2D eigenvalue weighted by Crippen LogP contribution is 2.37. The highest BCUT2D eigenvalue weighted by molar-refractivity contribution is 5.37. The summed E-state index contributed by atoms with van der Waals surface area (Å²) in [5.74, 6) is 0.888. The molecule has 0 spiro atoms. The molecule has 0 saturated carbocycles. The van der Waals surface area contributed by atoms with Crippen LogP contribution in [0.5, 0.6) is 5.75 Å². The van der Waals surface area contributed by atoms with Crippen LogP contribution in [0.2, 0.25) is 0 Å². The Labute approximate surface area is 172 Å². The van der Waals surface area contributed by atoms with Crippen molar-refractivity contribution in [1.82, 2.24) is 5.32 Å². The summed E-state index contributed by atoms with van der Waals surface area (Å²) in [5, 5.41) is 3.44. The van der Waals surface area contributed by atoms with Gasteiger partial charge in [0.25, 0.3) is 0 Å². The van der Waals surface area contributed by atoms with E-state index >= 15 is 0 Å². The zero-order valence-electron chi connectivity index (χ0n) is 16.5. The second-order valence-electron chi connectivity index (χ2n) is 7.18. The summed E-state index contributed by atoms with van der Waals surface area (Å²) in [7, 11) is 0. The second kappa shape index (κ2) is 9.70. The van der Waals surface area contributed by atoms with Gasteiger partial charge in [0.05, 0.1) is 19.3 Å². The summed E-state index contributed by atoms with van der Waals surface area (Å²) in [6.07, 6.45) is -0.0408. The Balaban J connectivity index is 1.38. The number of ether oxygens (including phenoxy) is 3. The van der Waals surface area contributed by atoms with Gasteiger partial charge in [0, 0.05) is 13.1 Å². The van der Waals surface area contributed by atoms with Crippen molar-refractivity contribution in [3.05, 3.63) is 102 Å².